The monoisotopic (exact) mass is 861 g/mol. The van der Waals surface area contributed by atoms with Gasteiger partial charge in [0, 0.05) is 0 Å². The fourth-order valence-electron chi connectivity index (χ4n) is 15.5. The van der Waals surface area contributed by atoms with E-state index in [1.807, 2.05) is 11.1 Å². The summed E-state index contributed by atoms with van der Waals surface area (Å²) >= 11 is 0. The summed E-state index contributed by atoms with van der Waals surface area (Å²) in [7, 11) is 0. The van der Waals surface area contributed by atoms with Gasteiger partial charge in [0.1, 0.15) is 0 Å². The van der Waals surface area contributed by atoms with Gasteiger partial charge in [-0.05, 0) is 152 Å². The average molecular weight is 862 g/mol. The number of allylic oxidation sites excluding steroid dienone is 3. The summed E-state index contributed by atoms with van der Waals surface area (Å²) < 4.78 is 0. The Balaban J connectivity index is 1.86. The lowest BCUT2D eigenvalue weighted by Crippen LogP contribution is -2.41. The molecular weight excluding hydrogens is 745 g/mol. The minimum absolute atomic E-state index is 0.362. The highest BCUT2D eigenvalue weighted by molar-refractivity contribution is 5.30. The van der Waals surface area contributed by atoms with Crippen molar-refractivity contribution in [3.8, 4) is 0 Å². The lowest BCUT2D eigenvalue weighted by atomic mass is 9.55. The molecule has 0 spiro atoms. The third kappa shape index (κ3) is 16.4. The van der Waals surface area contributed by atoms with Gasteiger partial charge in [0.25, 0.3) is 0 Å². The molecule has 0 aromatic rings. The summed E-state index contributed by atoms with van der Waals surface area (Å²) in [6.07, 6.45) is 46.3. The first-order chi connectivity index (χ1) is 29.9. The molecule has 3 saturated carbocycles. The minimum Gasteiger partial charge on any atom is -0.103 e. The fourth-order valence-corrected chi connectivity index (χ4v) is 15.5. The van der Waals surface area contributed by atoms with Gasteiger partial charge >= 0.3 is 0 Å². The van der Waals surface area contributed by atoms with Crippen LogP contribution in [0.1, 0.15) is 289 Å². The molecule has 0 nitrogen and oxygen atoms in total. The number of hydrogen-bond acceptors (Lipinski definition) is 0. The van der Waals surface area contributed by atoms with Crippen LogP contribution in [0.4, 0.5) is 0 Å². The molecule has 364 valence electrons. The summed E-state index contributed by atoms with van der Waals surface area (Å²) in [4.78, 5) is 0. The number of unbranched alkanes of at least 4 members (excludes halogenated alkanes) is 1. The van der Waals surface area contributed by atoms with Crippen LogP contribution < -0.4 is 0 Å². The predicted octanol–water partition coefficient (Wildman–Crippen LogP) is 21.2. The molecule has 0 heteroatoms. The van der Waals surface area contributed by atoms with Crippen molar-refractivity contribution in [2.45, 2.75) is 289 Å². The maximum absolute atomic E-state index is 4.71. The summed E-state index contributed by atoms with van der Waals surface area (Å²) in [5.74, 6) is 10.2. The Morgan fingerprint density at radius 2 is 1.31 bits per heavy atom. The van der Waals surface area contributed by atoms with Crippen molar-refractivity contribution >= 4 is 0 Å². The van der Waals surface area contributed by atoms with E-state index in [2.05, 4.69) is 96.1 Å². The molecule has 12 unspecified atom stereocenters. The topological polar surface area (TPSA) is 0 Å². The molecule has 0 saturated heterocycles. The van der Waals surface area contributed by atoms with E-state index in [4.69, 9.17) is 6.58 Å². The number of hydrogen-bond donors (Lipinski definition) is 0. The first-order valence-electron chi connectivity index (χ1n) is 29.2. The molecule has 0 aromatic carbocycles. The maximum atomic E-state index is 4.71. The molecular formula is C62H116. The van der Waals surface area contributed by atoms with Gasteiger partial charge in [0.2, 0.25) is 0 Å². The molecule has 62 heavy (non-hydrogen) atoms. The minimum atomic E-state index is 0.362. The third-order valence-electron chi connectivity index (χ3n) is 20.1. The Labute approximate surface area is 393 Å². The van der Waals surface area contributed by atoms with Crippen LogP contribution in [0, 0.1) is 81.8 Å². The quantitative estimate of drug-likeness (QED) is 0.0631. The second kappa shape index (κ2) is 29.3. The zero-order valence-corrected chi connectivity index (χ0v) is 45.1. The van der Waals surface area contributed by atoms with Gasteiger partial charge in [0.15, 0.2) is 0 Å². The van der Waals surface area contributed by atoms with Crippen LogP contribution in [0.2, 0.25) is 0 Å². The van der Waals surface area contributed by atoms with E-state index in [0.717, 1.165) is 65.1 Å². The van der Waals surface area contributed by atoms with Crippen LogP contribution in [0.3, 0.4) is 0 Å². The normalized spacial score (nSPS) is 29.7. The van der Waals surface area contributed by atoms with Crippen molar-refractivity contribution in [3.63, 3.8) is 0 Å². The molecule has 3 fully saturated rings. The van der Waals surface area contributed by atoms with Gasteiger partial charge in [0.05, 0.1) is 0 Å². The molecule has 12 atom stereocenters. The molecule has 0 aromatic heterocycles. The highest BCUT2D eigenvalue weighted by Crippen LogP contribution is 2.55. The van der Waals surface area contributed by atoms with Crippen molar-refractivity contribution in [3.05, 3.63) is 23.8 Å². The van der Waals surface area contributed by atoms with E-state index in [9.17, 15) is 0 Å². The van der Waals surface area contributed by atoms with Gasteiger partial charge in [-0.15, -0.1) is 6.58 Å². The summed E-state index contributed by atoms with van der Waals surface area (Å²) in [6.45, 7) is 38.2. The molecule has 0 aliphatic heterocycles. The zero-order valence-electron chi connectivity index (χ0n) is 45.1. The highest BCUT2D eigenvalue weighted by atomic mass is 14.5. The molecule has 3 rings (SSSR count). The molecule has 3 aliphatic carbocycles. The maximum Gasteiger partial charge on any atom is -0.0165 e. The predicted molar refractivity (Wildman–Crippen MR) is 281 cm³/mol. The van der Waals surface area contributed by atoms with Crippen LogP contribution in [0.5, 0.6) is 0 Å². The second-order valence-electron chi connectivity index (χ2n) is 23.9. The van der Waals surface area contributed by atoms with Crippen molar-refractivity contribution in [2.75, 3.05) is 0 Å². The van der Waals surface area contributed by atoms with Crippen molar-refractivity contribution in [2.24, 2.45) is 81.8 Å². The van der Waals surface area contributed by atoms with Gasteiger partial charge in [-0.2, -0.15) is 0 Å². The smallest absolute Gasteiger partial charge is 0.0165 e. The first kappa shape index (κ1) is 55.8. The van der Waals surface area contributed by atoms with Crippen molar-refractivity contribution in [1.29, 1.82) is 0 Å². The molecule has 0 bridgehead atoms. The summed E-state index contributed by atoms with van der Waals surface area (Å²) in [6, 6.07) is 0. The van der Waals surface area contributed by atoms with Crippen LogP contribution in [-0.2, 0) is 0 Å². The molecule has 3 aliphatic rings. The van der Waals surface area contributed by atoms with Crippen molar-refractivity contribution < 1.29 is 0 Å². The fraction of sp³-hybridized carbons (Fsp3) is 0.935. The molecule has 0 heterocycles. The highest BCUT2D eigenvalue weighted by Gasteiger charge is 2.45. The van der Waals surface area contributed by atoms with Crippen LogP contribution >= 0.6 is 0 Å². The Morgan fingerprint density at radius 3 is 1.87 bits per heavy atom. The van der Waals surface area contributed by atoms with Gasteiger partial charge in [-0.25, -0.2) is 0 Å². The lowest BCUT2D eigenvalue weighted by molar-refractivity contribution is 0.00614. The summed E-state index contributed by atoms with van der Waals surface area (Å²) in [5.41, 5.74) is 4.64. The Bertz CT molecular complexity index is 1200. The zero-order chi connectivity index (χ0) is 45.7. The largest absolute Gasteiger partial charge is 0.103 e. The molecule has 0 amide bonds. The lowest BCUT2D eigenvalue weighted by Gasteiger charge is -2.50. The standard InChI is InChI=1S/C62H116/c1-15-25-37-58(51(18-4)19-5)60(47(11)32-16-2)57(23-9)52(20-6)40-41-55(33-17-3)54(22-8)46-62(14)42-31-27-26-28-36-50(45-61(13,24-10)48(62)12)38-39-56(59-44-53(59)21-7)43-49-34-29-30-35-49/h22,47-55,57-58,60H,8,15-21,23-46H2,1-7,9-14H3. The van der Waals surface area contributed by atoms with Gasteiger partial charge in [-0.3, -0.25) is 0 Å². The van der Waals surface area contributed by atoms with E-state index in [0.29, 0.717) is 16.7 Å². The van der Waals surface area contributed by atoms with Gasteiger partial charge < -0.3 is 0 Å². The van der Waals surface area contributed by atoms with Crippen LogP contribution in [0.15, 0.2) is 23.8 Å². The number of rotatable bonds is 30. The van der Waals surface area contributed by atoms with E-state index >= 15 is 0 Å². The average Bonchev–Trinajstić information content (AvgIpc) is 3.89. The van der Waals surface area contributed by atoms with Crippen molar-refractivity contribution in [1.82, 2.24) is 0 Å². The van der Waals surface area contributed by atoms with Gasteiger partial charge in [-0.1, -0.05) is 236 Å². The van der Waals surface area contributed by atoms with E-state index in [1.165, 1.54) is 199 Å². The molecule has 0 N–H and O–H groups in total. The molecule has 0 radical (unpaired) electrons. The second-order valence-corrected chi connectivity index (χ2v) is 23.9. The van der Waals surface area contributed by atoms with E-state index < -0.39 is 0 Å². The van der Waals surface area contributed by atoms with Crippen LogP contribution in [0.25, 0.3) is 0 Å². The first-order valence-corrected chi connectivity index (χ1v) is 29.2. The Hall–Kier alpha value is -0.520. The van der Waals surface area contributed by atoms with E-state index in [1.54, 1.807) is 0 Å². The SMILES string of the molecule is C=CC(CC1(C)CCCCCCC(CCC(CC2CCCC2)=C2CC2CC)CC(C)(CC)C1C)C(CCC)CCC(CC)C(CC)C(C(C)CCC)C(CCCC)C(CC)CC. The van der Waals surface area contributed by atoms with Crippen LogP contribution in [-0.4, -0.2) is 0 Å². The summed E-state index contributed by atoms with van der Waals surface area (Å²) in [5, 5.41) is 0. The third-order valence-corrected chi connectivity index (χ3v) is 20.1. The Morgan fingerprint density at radius 1 is 0.677 bits per heavy atom. The Kier molecular flexibility index (Phi) is 26.4. The van der Waals surface area contributed by atoms with E-state index in [-0.39, 0.29) is 0 Å².